The van der Waals surface area contributed by atoms with Crippen molar-refractivity contribution in [2.75, 3.05) is 0 Å². The van der Waals surface area contributed by atoms with Gasteiger partial charge in [0.25, 0.3) is 5.69 Å². The monoisotopic (exact) mass is 221 g/mol. The highest BCUT2D eigenvalue weighted by Crippen LogP contribution is 2.36. The minimum absolute atomic E-state index is 0.0956. The molecule has 1 N–H and O–H groups in total. The molecular formula is C11H11NO4. The van der Waals surface area contributed by atoms with Gasteiger partial charge < -0.3 is 5.11 Å². The standard InChI is InChI=1S/C11H11NO4/c13-9-5-6-10(14)11(9)7-3-1-2-4-8(7)12(15)16/h1-4,9,11,13H,5-6H2. The summed E-state index contributed by atoms with van der Waals surface area (Å²) in [6, 6.07) is 6.08. The van der Waals surface area contributed by atoms with Crippen molar-refractivity contribution in [3.05, 3.63) is 39.9 Å². The van der Waals surface area contributed by atoms with Crippen LogP contribution in [0.2, 0.25) is 0 Å². The molecule has 0 aliphatic heterocycles. The molecular weight excluding hydrogens is 210 g/mol. The summed E-state index contributed by atoms with van der Waals surface area (Å²) >= 11 is 0. The number of hydrogen-bond acceptors (Lipinski definition) is 4. The van der Waals surface area contributed by atoms with Gasteiger partial charge >= 0.3 is 0 Å². The predicted octanol–water partition coefficient (Wildman–Crippen LogP) is 1.40. The Bertz CT molecular complexity index is 443. The summed E-state index contributed by atoms with van der Waals surface area (Å²) in [6.45, 7) is 0. The molecule has 1 aliphatic carbocycles. The van der Waals surface area contributed by atoms with Crippen molar-refractivity contribution in [1.29, 1.82) is 0 Å². The molecule has 1 fully saturated rings. The molecule has 2 atom stereocenters. The third-order valence-electron chi connectivity index (χ3n) is 2.89. The van der Waals surface area contributed by atoms with Crippen LogP contribution in [0.4, 0.5) is 5.69 Å². The molecule has 2 rings (SSSR count). The number of aliphatic hydroxyl groups is 1. The zero-order valence-electron chi connectivity index (χ0n) is 8.50. The summed E-state index contributed by atoms with van der Waals surface area (Å²) < 4.78 is 0. The lowest BCUT2D eigenvalue weighted by atomic mass is 9.93. The Morgan fingerprint density at radius 3 is 2.62 bits per heavy atom. The van der Waals surface area contributed by atoms with E-state index < -0.39 is 16.9 Å². The molecule has 0 heterocycles. The molecule has 84 valence electrons. The van der Waals surface area contributed by atoms with Crippen molar-refractivity contribution in [3.8, 4) is 0 Å². The predicted molar refractivity (Wildman–Crippen MR) is 56.1 cm³/mol. The number of benzene rings is 1. The lowest BCUT2D eigenvalue weighted by Gasteiger charge is -2.13. The van der Waals surface area contributed by atoms with Crippen molar-refractivity contribution in [2.24, 2.45) is 0 Å². The second-order valence-electron chi connectivity index (χ2n) is 3.87. The van der Waals surface area contributed by atoms with E-state index in [1.807, 2.05) is 0 Å². The van der Waals surface area contributed by atoms with Crippen LogP contribution in [0.5, 0.6) is 0 Å². The molecule has 0 spiro atoms. The number of carbonyl (C=O) groups excluding carboxylic acids is 1. The molecule has 2 unspecified atom stereocenters. The average Bonchev–Trinajstić information content (AvgIpc) is 2.58. The molecule has 1 aromatic carbocycles. The Hall–Kier alpha value is -1.75. The first kappa shape index (κ1) is 10.8. The van der Waals surface area contributed by atoms with Gasteiger partial charge in [-0.05, 0) is 6.42 Å². The first-order chi connectivity index (χ1) is 7.61. The fraction of sp³-hybridized carbons (Fsp3) is 0.364. The van der Waals surface area contributed by atoms with Gasteiger partial charge in [-0.3, -0.25) is 14.9 Å². The maximum Gasteiger partial charge on any atom is 0.273 e. The first-order valence-corrected chi connectivity index (χ1v) is 5.05. The number of Topliss-reactive ketones (excluding diaryl/α,β-unsaturated/α-hetero) is 1. The number of carbonyl (C=O) groups is 1. The van der Waals surface area contributed by atoms with Gasteiger partial charge in [0.15, 0.2) is 0 Å². The third-order valence-corrected chi connectivity index (χ3v) is 2.89. The van der Waals surface area contributed by atoms with Gasteiger partial charge in [0.2, 0.25) is 0 Å². The van der Waals surface area contributed by atoms with Crippen molar-refractivity contribution in [1.82, 2.24) is 0 Å². The topological polar surface area (TPSA) is 80.4 Å². The van der Waals surface area contributed by atoms with Crippen LogP contribution in [0.25, 0.3) is 0 Å². The van der Waals surface area contributed by atoms with Gasteiger partial charge in [-0.2, -0.15) is 0 Å². The maximum absolute atomic E-state index is 11.6. The molecule has 0 bridgehead atoms. The highest BCUT2D eigenvalue weighted by molar-refractivity contribution is 5.89. The molecule has 1 saturated carbocycles. The minimum Gasteiger partial charge on any atom is -0.392 e. The normalized spacial score (nSPS) is 24.7. The largest absolute Gasteiger partial charge is 0.392 e. The first-order valence-electron chi connectivity index (χ1n) is 5.05. The van der Waals surface area contributed by atoms with Crippen LogP contribution in [0.3, 0.4) is 0 Å². The van der Waals surface area contributed by atoms with Gasteiger partial charge in [0.05, 0.1) is 16.9 Å². The van der Waals surface area contributed by atoms with E-state index in [-0.39, 0.29) is 17.9 Å². The Morgan fingerprint density at radius 2 is 2.06 bits per heavy atom. The fourth-order valence-corrected chi connectivity index (χ4v) is 2.12. The van der Waals surface area contributed by atoms with E-state index in [9.17, 15) is 20.0 Å². The van der Waals surface area contributed by atoms with E-state index in [1.165, 1.54) is 12.1 Å². The molecule has 16 heavy (non-hydrogen) atoms. The van der Waals surface area contributed by atoms with Crippen LogP contribution in [0.1, 0.15) is 24.3 Å². The number of ketones is 1. The Labute approximate surface area is 91.9 Å². The smallest absolute Gasteiger partial charge is 0.273 e. The van der Waals surface area contributed by atoms with Crippen LogP contribution < -0.4 is 0 Å². The summed E-state index contributed by atoms with van der Waals surface area (Å²) in [6.07, 6.45) is -0.124. The Morgan fingerprint density at radius 1 is 1.38 bits per heavy atom. The quantitative estimate of drug-likeness (QED) is 0.604. The minimum atomic E-state index is -0.798. The van der Waals surface area contributed by atoms with Crippen molar-refractivity contribution < 1.29 is 14.8 Å². The van der Waals surface area contributed by atoms with E-state index in [1.54, 1.807) is 12.1 Å². The van der Waals surface area contributed by atoms with Crippen LogP contribution in [0.15, 0.2) is 24.3 Å². The number of para-hydroxylation sites is 1. The molecule has 0 amide bonds. The van der Waals surface area contributed by atoms with Crippen LogP contribution in [0, 0.1) is 10.1 Å². The van der Waals surface area contributed by atoms with E-state index in [2.05, 4.69) is 0 Å². The Kier molecular flexibility index (Phi) is 2.70. The van der Waals surface area contributed by atoms with Crippen molar-refractivity contribution in [3.63, 3.8) is 0 Å². The van der Waals surface area contributed by atoms with E-state index in [0.29, 0.717) is 12.0 Å². The van der Waals surface area contributed by atoms with E-state index >= 15 is 0 Å². The van der Waals surface area contributed by atoms with Gasteiger partial charge in [0, 0.05) is 18.1 Å². The molecule has 5 nitrogen and oxygen atoms in total. The molecule has 0 aromatic heterocycles. The van der Waals surface area contributed by atoms with Crippen LogP contribution >= 0.6 is 0 Å². The van der Waals surface area contributed by atoms with Gasteiger partial charge in [0.1, 0.15) is 5.78 Å². The molecule has 0 radical (unpaired) electrons. The zero-order chi connectivity index (χ0) is 11.7. The number of rotatable bonds is 2. The summed E-state index contributed by atoms with van der Waals surface area (Å²) in [5.74, 6) is -0.858. The lowest BCUT2D eigenvalue weighted by Crippen LogP contribution is -2.17. The number of hydrogen-bond donors (Lipinski definition) is 1. The van der Waals surface area contributed by atoms with Gasteiger partial charge in [-0.25, -0.2) is 0 Å². The fourth-order valence-electron chi connectivity index (χ4n) is 2.12. The summed E-state index contributed by atoms with van der Waals surface area (Å²) in [4.78, 5) is 21.9. The van der Waals surface area contributed by atoms with Crippen LogP contribution in [-0.4, -0.2) is 21.9 Å². The molecule has 0 saturated heterocycles. The van der Waals surface area contributed by atoms with Crippen molar-refractivity contribution >= 4 is 11.5 Å². The Balaban J connectivity index is 2.47. The van der Waals surface area contributed by atoms with E-state index in [4.69, 9.17) is 0 Å². The number of nitro groups is 1. The highest BCUT2D eigenvalue weighted by atomic mass is 16.6. The highest BCUT2D eigenvalue weighted by Gasteiger charge is 2.38. The van der Waals surface area contributed by atoms with Gasteiger partial charge in [-0.15, -0.1) is 0 Å². The number of nitrogens with zero attached hydrogens (tertiary/aromatic N) is 1. The zero-order valence-corrected chi connectivity index (χ0v) is 8.50. The SMILES string of the molecule is O=C1CCC(O)C1c1ccccc1[N+](=O)[O-]. The lowest BCUT2D eigenvalue weighted by molar-refractivity contribution is -0.385. The third kappa shape index (κ3) is 1.69. The van der Waals surface area contributed by atoms with Gasteiger partial charge in [-0.1, -0.05) is 18.2 Å². The summed E-state index contributed by atoms with van der Waals surface area (Å²) in [5.41, 5.74) is 0.226. The molecule has 5 heteroatoms. The summed E-state index contributed by atoms with van der Waals surface area (Å²) in [7, 11) is 0. The second kappa shape index (κ2) is 4.02. The maximum atomic E-state index is 11.6. The van der Waals surface area contributed by atoms with Crippen molar-refractivity contribution in [2.45, 2.75) is 24.9 Å². The number of nitro benzene ring substituents is 1. The summed E-state index contributed by atoms with van der Waals surface area (Å²) in [5, 5.41) is 20.5. The van der Waals surface area contributed by atoms with Crippen LogP contribution in [-0.2, 0) is 4.79 Å². The average molecular weight is 221 g/mol. The molecule has 1 aromatic rings. The molecule has 1 aliphatic rings. The second-order valence-corrected chi connectivity index (χ2v) is 3.87. The van der Waals surface area contributed by atoms with E-state index in [0.717, 1.165) is 0 Å². The number of aliphatic hydroxyl groups excluding tert-OH is 1.